The van der Waals surface area contributed by atoms with Gasteiger partial charge in [-0.2, -0.15) is 0 Å². The minimum atomic E-state index is -1.44. The maximum Gasteiger partial charge on any atom is 0.549 e. The SMILES string of the molecule is CCCC(C)(OB(N)O)B(N)OC(C)(CC)B(N)O. The monoisotopic (exact) mass is 273 g/mol. The highest BCUT2D eigenvalue weighted by molar-refractivity contribution is 6.56. The van der Waals surface area contributed by atoms with Crippen molar-refractivity contribution in [3.63, 3.8) is 0 Å². The van der Waals surface area contributed by atoms with Gasteiger partial charge in [0.15, 0.2) is 0 Å². The Morgan fingerprint density at radius 2 is 1.53 bits per heavy atom. The first-order chi connectivity index (χ1) is 8.61. The van der Waals surface area contributed by atoms with Crippen molar-refractivity contribution in [2.45, 2.75) is 58.0 Å². The molecule has 0 saturated carbocycles. The van der Waals surface area contributed by atoms with Crippen molar-refractivity contribution >= 4 is 21.4 Å². The third kappa shape index (κ3) is 5.43. The first kappa shape index (κ1) is 18.9. The molecule has 0 saturated heterocycles. The van der Waals surface area contributed by atoms with Crippen LogP contribution in [0.15, 0.2) is 0 Å². The molecule has 110 valence electrons. The van der Waals surface area contributed by atoms with Crippen LogP contribution in [0.3, 0.4) is 0 Å². The molecule has 0 aromatic carbocycles. The number of nitrogens with two attached hydrogens (primary N) is 3. The van der Waals surface area contributed by atoms with Gasteiger partial charge < -0.3 is 36.3 Å². The van der Waals surface area contributed by atoms with E-state index in [1.807, 2.05) is 13.8 Å². The first-order valence-corrected chi connectivity index (χ1v) is 6.59. The van der Waals surface area contributed by atoms with E-state index >= 15 is 0 Å². The first-order valence-electron chi connectivity index (χ1n) is 6.59. The van der Waals surface area contributed by atoms with Gasteiger partial charge in [-0.15, -0.1) is 0 Å². The number of rotatable bonds is 9. The summed E-state index contributed by atoms with van der Waals surface area (Å²) in [5.41, 5.74) is 14.8. The van der Waals surface area contributed by atoms with E-state index in [2.05, 4.69) is 0 Å². The van der Waals surface area contributed by atoms with Crippen LogP contribution < -0.4 is 16.9 Å². The van der Waals surface area contributed by atoms with E-state index in [0.29, 0.717) is 12.8 Å². The lowest BCUT2D eigenvalue weighted by atomic mass is 9.57. The zero-order valence-electron chi connectivity index (χ0n) is 12.3. The van der Waals surface area contributed by atoms with Gasteiger partial charge >= 0.3 is 21.4 Å². The second kappa shape index (κ2) is 7.63. The van der Waals surface area contributed by atoms with Gasteiger partial charge in [0, 0.05) is 0 Å². The predicted molar refractivity (Wildman–Crippen MR) is 78.4 cm³/mol. The molecular formula is C9H26B3N3O4. The molecule has 8 N–H and O–H groups in total. The lowest BCUT2D eigenvalue weighted by Crippen LogP contribution is -2.64. The van der Waals surface area contributed by atoms with Crippen LogP contribution in [0.1, 0.15) is 47.0 Å². The standard InChI is InChI=1S/C9H26B3N3O4/c1-5-7-9(4,19-12(15)17)11(14)18-8(3,6-2)10(13)16/h16-17H,5-7,13-15H2,1-4H3. The summed E-state index contributed by atoms with van der Waals surface area (Å²) in [6, 6.07) is 0. The van der Waals surface area contributed by atoms with E-state index in [9.17, 15) is 10.0 Å². The molecule has 2 unspecified atom stereocenters. The Labute approximate surface area is 116 Å². The fourth-order valence-electron chi connectivity index (χ4n) is 1.82. The molecule has 19 heavy (non-hydrogen) atoms. The third-order valence-electron chi connectivity index (χ3n) is 3.46. The average Bonchev–Trinajstić information content (AvgIpc) is 2.27. The van der Waals surface area contributed by atoms with Crippen LogP contribution in [0, 0.1) is 0 Å². The van der Waals surface area contributed by atoms with Crippen molar-refractivity contribution in [1.29, 1.82) is 0 Å². The summed E-state index contributed by atoms with van der Waals surface area (Å²) in [6.07, 6.45) is 1.79. The molecule has 7 nitrogen and oxygen atoms in total. The highest BCUT2D eigenvalue weighted by atomic mass is 16.6. The normalized spacial score (nSPS) is 17.5. The van der Waals surface area contributed by atoms with Crippen molar-refractivity contribution in [3.05, 3.63) is 0 Å². The fourth-order valence-corrected chi connectivity index (χ4v) is 1.82. The number of hydrogen-bond donors (Lipinski definition) is 5. The van der Waals surface area contributed by atoms with Crippen molar-refractivity contribution in [3.8, 4) is 0 Å². The second-order valence-corrected chi connectivity index (χ2v) is 5.22. The molecule has 0 aliphatic rings. The summed E-state index contributed by atoms with van der Waals surface area (Å²) in [4.78, 5) is 0. The van der Waals surface area contributed by atoms with Crippen LogP contribution in [0.5, 0.6) is 0 Å². The van der Waals surface area contributed by atoms with E-state index in [4.69, 9.17) is 26.2 Å². The predicted octanol–water partition coefficient (Wildman–Crippen LogP) is -1.35. The molecule has 0 aromatic rings. The maximum atomic E-state index is 9.58. The zero-order chi connectivity index (χ0) is 15.3. The summed E-state index contributed by atoms with van der Waals surface area (Å²) in [6.45, 7) is 7.16. The van der Waals surface area contributed by atoms with Crippen LogP contribution in [0.2, 0.25) is 0 Å². The Bertz CT molecular complexity index is 275. The Kier molecular flexibility index (Phi) is 7.60. The fraction of sp³-hybridized carbons (Fsp3) is 1.00. The molecule has 0 aliphatic heterocycles. The topological polar surface area (TPSA) is 137 Å². The minimum absolute atomic E-state index is 0.478. The zero-order valence-corrected chi connectivity index (χ0v) is 12.3. The van der Waals surface area contributed by atoms with Crippen molar-refractivity contribution in [2.75, 3.05) is 0 Å². The maximum absolute atomic E-state index is 9.58. The summed E-state index contributed by atoms with van der Waals surface area (Å²) in [7, 11) is -3.49. The third-order valence-corrected chi connectivity index (χ3v) is 3.46. The van der Waals surface area contributed by atoms with Gasteiger partial charge in [-0.25, -0.2) is 0 Å². The summed E-state index contributed by atoms with van der Waals surface area (Å²) in [5, 5.41) is 18.8. The van der Waals surface area contributed by atoms with Crippen LogP contribution in [0.4, 0.5) is 0 Å². The summed E-state index contributed by atoms with van der Waals surface area (Å²) < 4.78 is 10.9. The van der Waals surface area contributed by atoms with Gasteiger partial charge in [0.05, 0.1) is 11.0 Å². The van der Waals surface area contributed by atoms with Crippen molar-refractivity contribution in [1.82, 2.24) is 0 Å². The van der Waals surface area contributed by atoms with E-state index in [1.54, 1.807) is 13.8 Å². The van der Waals surface area contributed by atoms with Gasteiger partial charge in [0.2, 0.25) is 0 Å². The van der Waals surface area contributed by atoms with E-state index < -0.39 is 32.4 Å². The van der Waals surface area contributed by atoms with Gasteiger partial charge in [-0.05, 0) is 26.7 Å². The Morgan fingerprint density at radius 3 is 1.84 bits per heavy atom. The highest BCUT2D eigenvalue weighted by Crippen LogP contribution is 2.25. The molecule has 0 amide bonds. The molecule has 0 rings (SSSR count). The molecule has 0 aromatic heterocycles. The molecule has 0 aliphatic carbocycles. The lowest BCUT2D eigenvalue weighted by molar-refractivity contribution is 0.0696. The van der Waals surface area contributed by atoms with E-state index in [1.165, 1.54) is 0 Å². The lowest BCUT2D eigenvalue weighted by Gasteiger charge is -2.39. The molecule has 0 radical (unpaired) electrons. The van der Waals surface area contributed by atoms with Crippen LogP contribution in [-0.4, -0.2) is 42.4 Å². The molecule has 0 bridgehead atoms. The molecule has 0 fully saturated rings. The Hall–Kier alpha value is -0.0852. The second-order valence-electron chi connectivity index (χ2n) is 5.22. The average molecular weight is 273 g/mol. The highest BCUT2D eigenvalue weighted by Gasteiger charge is 2.46. The quantitative estimate of drug-likeness (QED) is 0.327. The molecule has 0 spiro atoms. The van der Waals surface area contributed by atoms with Crippen LogP contribution in [0.25, 0.3) is 0 Å². The van der Waals surface area contributed by atoms with Crippen molar-refractivity contribution < 1.29 is 19.4 Å². The summed E-state index contributed by atoms with van der Waals surface area (Å²) in [5.74, 6) is 0. The summed E-state index contributed by atoms with van der Waals surface area (Å²) >= 11 is 0. The molecule has 2 atom stereocenters. The molecule has 10 heteroatoms. The van der Waals surface area contributed by atoms with E-state index in [-0.39, 0.29) is 0 Å². The van der Waals surface area contributed by atoms with Crippen LogP contribution >= 0.6 is 0 Å². The van der Waals surface area contributed by atoms with Crippen molar-refractivity contribution in [2.24, 2.45) is 16.9 Å². The molecule has 0 heterocycles. The van der Waals surface area contributed by atoms with Gasteiger partial charge in [0.1, 0.15) is 0 Å². The largest absolute Gasteiger partial charge is 0.549 e. The van der Waals surface area contributed by atoms with E-state index in [0.717, 1.165) is 6.42 Å². The smallest absolute Gasteiger partial charge is 0.436 e. The van der Waals surface area contributed by atoms with Gasteiger partial charge in [0.25, 0.3) is 0 Å². The molecular weight excluding hydrogens is 247 g/mol. The number of hydrogen-bond acceptors (Lipinski definition) is 7. The van der Waals surface area contributed by atoms with Gasteiger partial charge in [-0.3, -0.25) is 0 Å². The van der Waals surface area contributed by atoms with Crippen LogP contribution in [-0.2, 0) is 9.31 Å². The Morgan fingerprint density at radius 1 is 1.00 bits per heavy atom. The Balaban J connectivity index is 4.95. The van der Waals surface area contributed by atoms with Gasteiger partial charge in [-0.1, -0.05) is 20.3 Å². The minimum Gasteiger partial charge on any atom is -0.436 e.